The third kappa shape index (κ3) is 3.07. The molecule has 0 amide bonds. The van der Waals surface area contributed by atoms with Crippen LogP contribution in [0.2, 0.25) is 0 Å². The predicted octanol–water partition coefficient (Wildman–Crippen LogP) is 3.16. The fourth-order valence-electron chi connectivity index (χ4n) is 2.05. The molecule has 0 aliphatic heterocycles. The van der Waals surface area contributed by atoms with Gasteiger partial charge in [0.1, 0.15) is 11.6 Å². The van der Waals surface area contributed by atoms with Gasteiger partial charge in [-0.05, 0) is 43.0 Å². The average Bonchev–Trinajstić information content (AvgIpc) is 2.51. The zero-order valence-corrected chi connectivity index (χ0v) is 12.5. The molecule has 21 heavy (non-hydrogen) atoms. The molecule has 1 aromatic heterocycles. The van der Waals surface area contributed by atoms with Crippen LogP contribution in [0, 0.1) is 5.41 Å². The summed E-state index contributed by atoms with van der Waals surface area (Å²) >= 11 is 0. The summed E-state index contributed by atoms with van der Waals surface area (Å²) in [6, 6.07) is 7.62. The summed E-state index contributed by atoms with van der Waals surface area (Å²) in [6.45, 7) is 3.94. The van der Waals surface area contributed by atoms with Crippen molar-refractivity contribution in [3.8, 4) is 5.75 Å². The maximum atomic E-state index is 11.3. The standard InChI is InChI=1S/C16H20N2O3/c1-4-16(2,15(19)20)10-18-14-13-6-5-12(21-3)9-11(13)7-8-17-14/h5-9H,4,10H2,1-3H3,(H,17,18)(H,19,20). The van der Waals surface area contributed by atoms with E-state index in [1.165, 1.54) is 0 Å². The highest BCUT2D eigenvalue weighted by atomic mass is 16.5. The summed E-state index contributed by atoms with van der Waals surface area (Å²) < 4.78 is 5.21. The molecule has 0 saturated carbocycles. The van der Waals surface area contributed by atoms with E-state index in [0.717, 1.165) is 16.5 Å². The molecule has 1 aromatic carbocycles. The number of benzene rings is 1. The van der Waals surface area contributed by atoms with Crippen LogP contribution in [0.15, 0.2) is 30.5 Å². The Labute approximate surface area is 124 Å². The van der Waals surface area contributed by atoms with Gasteiger partial charge in [-0.25, -0.2) is 4.98 Å². The van der Waals surface area contributed by atoms with E-state index in [2.05, 4.69) is 10.3 Å². The molecule has 0 aliphatic carbocycles. The van der Waals surface area contributed by atoms with Gasteiger partial charge in [0.25, 0.3) is 0 Å². The first-order chi connectivity index (χ1) is 10.00. The second-order valence-electron chi connectivity index (χ2n) is 5.32. The van der Waals surface area contributed by atoms with Crippen molar-refractivity contribution in [1.82, 2.24) is 4.98 Å². The van der Waals surface area contributed by atoms with Crippen LogP contribution in [-0.2, 0) is 4.79 Å². The van der Waals surface area contributed by atoms with Crippen LogP contribution >= 0.6 is 0 Å². The molecule has 5 nitrogen and oxygen atoms in total. The van der Waals surface area contributed by atoms with E-state index in [1.54, 1.807) is 20.2 Å². The highest BCUT2D eigenvalue weighted by molar-refractivity contribution is 5.92. The van der Waals surface area contributed by atoms with E-state index >= 15 is 0 Å². The molecule has 2 rings (SSSR count). The van der Waals surface area contributed by atoms with Gasteiger partial charge in [-0.2, -0.15) is 0 Å². The number of carboxylic acids is 1. The molecule has 1 atom stereocenters. The summed E-state index contributed by atoms with van der Waals surface area (Å²) in [5.41, 5.74) is -0.809. The Morgan fingerprint density at radius 3 is 2.81 bits per heavy atom. The highest BCUT2D eigenvalue weighted by Crippen LogP contribution is 2.27. The summed E-state index contributed by atoms with van der Waals surface area (Å²) in [7, 11) is 1.63. The number of rotatable bonds is 6. The van der Waals surface area contributed by atoms with E-state index in [1.807, 2.05) is 31.2 Å². The van der Waals surface area contributed by atoms with Gasteiger partial charge in [-0.1, -0.05) is 6.92 Å². The Morgan fingerprint density at radius 2 is 2.19 bits per heavy atom. The van der Waals surface area contributed by atoms with Crippen LogP contribution in [0.3, 0.4) is 0 Å². The summed E-state index contributed by atoms with van der Waals surface area (Å²) in [5, 5.41) is 14.4. The largest absolute Gasteiger partial charge is 0.497 e. The second kappa shape index (κ2) is 5.99. The normalized spacial score (nSPS) is 13.7. The number of anilines is 1. The van der Waals surface area contributed by atoms with E-state index in [4.69, 9.17) is 4.74 Å². The lowest BCUT2D eigenvalue weighted by atomic mass is 9.87. The fraction of sp³-hybridized carbons (Fsp3) is 0.375. The van der Waals surface area contributed by atoms with Crippen molar-refractivity contribution in [3.63, 3.8) is 0 Å². The van der Waals surface area contributed by atoms with Crippen LogP contribution in [0.4, 0.5) is 5.82 Å². The quantitative estimate of drug-likeness (QED) is 0.854. The molecule has 5 heteroatoms. The summed E-state index contributed by atoms with van der Waals surface area (Å²) in [4.78, 5) is 15.7. The number of aliphatic carboxylic acids is 1. The van der Waals surface area contributed by atoms with Gasteiger partial charge in [0, 0.05) is 18.1 Å². The molecular formula is C16H20N2O3. The van der Waals surface area contributed by atoms with E-state index in [9.17, 15) is 9.90 Å². The zero-order valence-electron chi connectivity index (χ0n) is 12.5. The van der Waals surface area contributed by atoms with Crippen molar-refractivity contribution in [3.05, 3.63) is 30.5 Å². The molecule has 2 N–H and O–H groups in total. The molecule has 112 valence electrons. The van der Waals surface area contributed by atoms with Crippen LogP contribution in [0.25, 0.3) is 10.8 Å². The van der Waals surface area contributed by atoms with Crippen LogP contribution in [0.5, 0.6) is 5.75 Å². The van der Waals surface area contributed by atoms with Crippen LogP contribution in [0.1, 0.15) is 20.3 Å². The highest BCUT2D eigenvalue weighted by Gasteiger charge is 2.31. The lowest BCUT2D eigenvalue weighted by Crippen LogP contribution is -2.34. The number of carbonyl (C=O) groups is 1. The zero-order chi connectivity index (χ0) is 15.5. The fourth-order valence-corrected chi connectivity index (χ4v) is 2.05. The van der Waals surface area contributed by atoms with E-state index in [-0.39, 0.29) is 0 Å². The van der Waals surface area contributed by atoms with Crippen molar-refractivity contribution >= 4 is 22.6 Å². The minimum absolute atomic E-state index is 0.330. The maximum Gasteiger partial charge on any atom is 0.311 e. The molecule has 1 unspecified atom stereocenters. The number of hydrogen-bond acceptors (Lipinski definition) is 4. The molecule has 0 spiro atoms. The first-order valence-electron chi connectivity index (χ1n) is 6.90. The topological polar surface area (TPSA) is 71.5 Å². The Hall–Kier alpha value is -2.30. The maximum absolute atomic E-state index is 11.3. The molecule has 1 heterocycles. The summed E-state index contributed by atoms with van der Waals surface area (Å²) in [6.07, 6.45) is 2.25. The number of ether oxygens (including phenoxy) is 1. The predicted molar refractivity (Wildman–Crippen MR) is 82.8 cm³/mol. The minimum Gasteiger partial charge on any atom is -0.497 e. The molecule has 2 aromatic rings. The van der Waals surface area contributed by atoms with Crippen LogP contribution < -0.4 is 10.1 Å². The van der Waals surface area contributed by atoms with Gasteiger partial charge in [-0.3, -0.25) is 4.79 Å². The van der Waals surface area contributed by atoms with Crippen molar-refractivity contribution in [2.24, 2.45) is 5.41 Å². The first kappa shape index (κ1) is 15.1. The molecule has 0 fully saturated rings. The number of nitrogens with one attached hydrogen (secondary N) is 1. The van der Waals surface area contributed by atoms with Gasteiger partial charge in [0.05, 0.1) is 12.5 Å². The number of pyridine rings is 1. The lowest BCUT2D eigenvalue weighted by Gasteiger charge is -2.23. The molecule has 0 aliphatic rings. The van der Waals surface area contributed by atoms with Crippen molar-refractivity contribution in [2.75, 3.05) is 19.0 Å². The second-order valence-corrected chi connectivity index (χ2v) is 5.32. The Bertz CT molecular complexity index is 657. The van der Waals surface area contributed by atoms with E-state index < -0.39 is 11.4 Å². The Balaban J connectivity index is 2.29. The average molecular weight is 288 g/mol. The van der Waals surface area contributed by atoms with Gasteiger partial charge in [-0.15, -0.1) is 0 Å². The number of carboxylic acid groups (broad SMARTS) is 1. The number of nitrogens with zero attached hydrogens (tertiary/aromatic N) is 1. The smallest absolute Gasteiger partial charge is 0.311 e. The van der Waals surface area contributed by atoms with Gasteiger partial charge < -0.3 is 15.2 Å². The third-order valence-electron chi connectivity index (χ3n) is 3.91. The molecule has 0 bridgehead atoms. The number of aromatic nitrogens is 1. The SMILES string of the molecule is CCC(C)(CNc1nccc2cc(OC)ccc12)C(=O)O. The third-order valence-corrected chi connectivity index (χ3v) is 3.91. The molecular weight excluding hydrogens is 268 g/mol. The first-order valence-corrected chi connectivity index (χ1v) is 6.90. The lowest BCUT2D eigenvalue weighted by molar-refractivity contribution is -0.147. The number of hydrogen-bond donors (Lipinski definition) is 2. The van der Waals surface area contributed by atoms with Gasteiger partial charge in [0.2, 0.25) is 0 Å². The number of methoxy groups -OCH3 is 1. The Kier molecular flexibility index (Phi) is 4.31. The van der Waals surface area contributed by atoms with Crippen molar-refractivity contribution in [2.45, 2.75) is 20.3 Å². The van der Waals surface area contributed by atoms with Crippen molar-refractivity contribution in [1.29, 1.82) is 0 Å². The Morgan fingerprint density at radius 1 is 1.43 bits per heavy atom. The van der Waals surface area contributed by atoms with Gasteiger partial charge in [0.15, 0.2) is 0 Å². The minimum atomic E-state index is -0.809. The number of fused-ring (bicyclic) bond motifs is 1. The van der Waals surface area contributed by atoms with Crippen LogP contribution in [-0.4, -0.2) is 29.7 Å². The van der Waals surface area contributed by atoms with Crippen molar-refractivity contribution < 1.29 is 14.6 Å². The summed E-state index contributed by atoms with van der Waals surface area (Å²) in [5.74, 6) is 0.666. The molecule has 0 saturated heterocycles. The van der Waals surface area contributed by atoms with Gasteiger partial charge >= 0.3 is 5.97 Å². The van der Waals surface area contributed by atoms with E-state index in [0.29, 0.717) is 18.8 Å². The molecule has 0 radical (unpaired) electrons. The monoisotopic (exact) mass is 288 g/mol.